The zero-order valence-electron chi connectivity index (χ0n) is 12.0. The molecule has 2 aliphatic carbocycles. The van der Waals surface area contributed by atoms with E-state index in [0.29, 0.717) is 17.5 Å². The van der Waals surface area contributed by atoms with Gasteiger partial charge in [0.2, 0.25) is 0 Å². The maximum Gasteiger partial charge on any atom is 0.0408 e. The van der Waals surface area contributed by atoms with E-state index in [2.05, 4.69) is 31.3 Å². The monoisotopic (exact) mass is 277 g/mol. The van der Waals surface area contributed by atoms with Crippen LogP contribution in [0.2, 0.25) is 5.02 Å². The molecule has 1 saturated carbocycles. The molecular weight excluding hydrogens is 254 g/mol. The molecule has 1 aromatic rings. The quantitative estimate of drug-likeness (QED) is 0.812. The molecule has 0 bridgehead atoms. The molecule has 1 fully saturated rings. The van der Waals surface area contributed by atoms with Crippen LogP contribution in [0.5, 0.6) is 0 Å². The van der Waals surface area contributed by atoms with Crippen LogP contribution in [0, 0.1) is 5.41 Å². The van der Waals surface area contributed by atoms with E-state index in [1.807, 2.05) is 6.07 Å². The fourth-order valence-corrected chi connectivity index (χ4v) is 3.80. The number of fused-ring (bicyclic) bond motifs is 1. The van der Waals surface area contributed by atoms with Crippen LogP contribution in [-0.4, -0.2) is 6.04 Å². The van der Waals surface area contributed by atoms with E-state index in [4.69, 9.17) is 11.6 Å². The molecule has 0 spiro atoms. The lowest BCUT2D eigenvalue weighted by molar-refractivity contribution is 0.198. The van der Waals surface area contributed by atoms with E-state index in [-0.39, 0.29) is 0 Å². The second-order valence-corrected chi connectivity index (χ2v) is 7.48. The molecule has 1 unspecified atom stereocenters. The minimum absolute atomic E-state index is 0.554. The molecule has 0 amide bonds. The van der Waals surface area contributed by atoms with E-state index in [1.165, 1.54) is 49.7 Å². The Kier molecular flexibility index (Phi) is 3.61. The molecule has 0 radical (unpaired) electrons. The van der Waals surface area contributed by atoms with Gasteiger partial charge >= 0.3 is 0 Å². The fraction of sp³-hybridized carbons (Fsp3) is 0.647. The molecule has 2 aliphatic rings. The van der Waals surface area contributed by atoms with Gasteiger partial charge in [0.25, 0.3) is 0 Å². The molecule has 0 aliphatic heterocycles. The van der Waals surface area contributed by atoms with Crippen LogP contribution in [0.1, 0.15) is 63.1 Å². The van der Waals surface area contributed by atoms with E-state index in [9.17, 15) is 0 Å². The first-order chi connectivity index (χ1) is 9.03. The van der Waals surface area contributed by atoms with E-state index in [1.54, 1.807) is 0 Å². The molecule has 1 aromatic carbocycles. The molecule has 3 rings (SSSR count). The SMILES string of the molecule is CC1(C)CCC(NC2CCc3cc(Cl)ccc32)CC1. The highest BCUT2D eigenvalue weighted by Gasteiger charge is 2.30. The third kappa shape index (κ3) is 2.98. The van der Waals surface area contributed by atoms with Crippen molar-refractivity contribution < 1.29 is 0 Å². The van der Waals surface area contributed by atoms with Crippen molar-refractivity contribution in [3.05, 3.63) is 34.3 Å². The summed E-state index contributed by atoms with van der Waals surface area (Å²) in [5.41, 5.74) is 3.48. The number of aryl methyl sites for hydroxylation is 1. The second kappa shape index (κ2) is 5.10. The van der Waals surface area contributed by atoms with Crippen LogP contribution in [0.25, 0.3) is 0 Å². The van der Waals surface area contributed by atoms with Gasteiger partial charge < -0.3 is 5.32 Å². The highest BCUT2D eigenvalue weighted by Crippen LogP contribution is 2.38. The predicted molar refractivity (Wildman–Crippen MR) is 81.7 cm³/mol. The van der Waals surface area contributed by atoms with Crippen LogP contribution in [-0.2, 0) is 6.42 Å². The van der Waals surface area contributed by atoms with Gasteiger partial charge in [-0.1, -0.05) is 31.5 Å². The molecule has 19 heavy (non-hydrogen) atoms. The average molecular weight is 278 g/mol. The maximum atomic E-state index is 6.07. The van der Waals surface area contributed by atoms with Crippen molar-refractivity contribution in [2.24, 2.45) is 5.41 Å². The summed E-state index contributed by atoms with van der Waals surface area (Å²) in [7, 11) is 0. The molecule has 1 N–H and O–H groups in total. The highest BCUT2D eigenvalue weighted by molar-refractivity contribution is 6.30. The van der Waals surface area contributed by atoms with Gasteiger partial charge in [0, 0.05) is 17.1 Å². The summed E-state index contributed by atoms with van der Waals surface area (Å²) in [5.74, 6) is 0. The summed E-state index contributed by atoms with van der Waals surface area (Å²) in [6.45, 7) is 4.80. The van der Waals surface area contributed by atoms with Gasteiger partial charge in [-0.3, -0.25) is 0 Å². The maximum absolute atomic E-state index is 6.07. The van der Waals surface area contributed by atoms with Crippen LogP contribution in [0.4, 0.5) is 0 Å². The molecule has 1 atom stereocenters. The van der Waals surface area contributed by atoms with E-state index >= 15 is 0 Å². The number of nitrogens with one attached hydrogen (secondary N) is 1. The first-order valence-corrected chi connectivity index (χ1v) is 7.96. The average Bonchev–Trinajstić information content (AvgIpc) is 2.74. The van der Waals surface area contributed by atoms with Crippen molar-refractivity contribution in [1.29, 1.82) is 0 Å². The van der Waals surface area contributed by atoms with E-state index in [0.717, 1.165) is 5.02 Å². The Bertz CT molecular complexity index is 456. The van der Waals surface area contributed by atoms with Crippen molar-refractivity contribution in [2.45, 2.75) is 64.5 Å². The molecule has 104 valence electrons. The molecule has 0 aromatic heterocycles. The highest BCUT2D eigenvalue weighted by atomic mass is 35.5. The smallest absolute Gasteiger partial charge is 0.0408 e. The summed E-state index contributed by atoms with van der Waals surface area (Å²) >= 11 is 6.07. The third-order valence-corrected chi connectivity index (χ3v) is 5.19. The van der Waals surface area contributed by atoms with Gasteiger partial charge in [-0.15, -0.1) is 0 Å². The van der Waals surface area contributed by atoms with Crippen LogP contribution in [0.15, 0.2) is 18.2 Å². The normalized spacial score (nSPS) is 26.4. The van der Waals surface area contributed by atoms with Gasteiger partial charge in [-0.05, 0) is 67.2 Å². The minimum atomic E-state index is 0.554. The summed E-state index contributed by atoms with van der Waals surface area (Å²) in [4.78, 5) is 0. The Balaban J connectivity index is 1.64. The predicted octanol–water partition coefficient (Wildman–Crippen LogP) is 4.89. The number of hydrogen-bond acceptors (Lipinski definition) is 1. The third-order valence-electron chi connectivity index (χ3n) is 4.96. The second-order valence-electron chi connectivity index (χ2n) is 7.04. The number of hydrogen-bond donors (Lipinski definition) is 1. The Hall–Kier alpha value is -0.530. The van der Waals surface area contributed by atoms with Crippen LogP contribution >= 0.6 is 11.6 Å². The lowest BCUT2D eigenvalue weighted by Gasteiger charge is -2.36. The van der Waals surface area contributed by atoms with Crippen molar-refractivity contribution in [1.82, 2.24) is 5.32 Å². The minimum Gasteiger partial charge on any atom is -0.307 e. The summed E-state index contributed by atoms with van der Waals surface area (Å²) in [6.07, 6.45) is 7.76. The van der Waals surface area contributed by atoms with Gasteiger partial charge in [0.05, 0.1) is 0 Å². The molecule has 1 nitrogen and oxygen atoms in total. The van der Waals surface area contributed by atoms with Crippen LogP contribution < -0.4 is 5.32 Å². The number of rotatable bonds is 2. The van der Waals surface area contributed by atoms with Crippen molar-refractivity contribution in [3.8, 4) is 0 Å². The Labute approximate surface area is 121 Å². The van der Waals surface area contributed by atoms with Gasteiger partial charge in [-0.25, -0.2) is 0 Å². The summed E-state index contributed by atoms with van der Waals surface area (Å²) in [6, 6.07) is 7.65. The fourth-order valence-electron chi connectivity index (χ4n) is 3.61. The molecule has 2 heteroatoms. The zero-order valence-corrected chi connectivity index (χ0v) is 12.8. The largest absolute Gasteiger partial charge is 0.307 e. The zero-order chi connectivity index (χ0) is 13.5. The summed E-state index contributed by atoms with van der Waals surface area (Å²) in [5, 5.41) is 4.76. The van der Waals surface area contributed by atoms with Gasteiger partial charge in [-0.2, -0.15) is 0 Å². The topological polar surface area (TPSA) is 12.0 Å². The number of benzene rings is 1. The Morgan fingerprint density at radius 1 is 1.16 bits per heavy atom. The lowest BCUT2D eigenvalue weighted by atomic mass is 9.75. The molecule has 0 heterocycles. The van der Waals surface area contributed by atoms with E-state index < -0.39 is 0 Å². The van der Waals surface area contributed by atoms with Crippen molar-refractivity contribution in [2.75, 3.05) is 0 Å². The standard InChI is InChI=1S/C17H24ClN/c1-17(2)9-7-14(8-10-17)19-16-6-3-12-11-13(18)4-5-15(12)16/h4-5,11,14,16,19H,3,6-10H2,1-2H3. The van der Waals surface area contributed by atoms with Crippen molar-refractivity contribution >= 4 is 11.6 Å². The Morgan fingerprint density at radius 2 is 1.89 bits per heavy atom. The van der Waals surface area contributed by atoms with Crippen molar-refractivity contribution in [3.63, 3.8) is 0 Å². The van der Waals surface area contributed by atoms with Crippen LogP contribution in [0.3, 0.4) is 0 Å². The van der Waals surface area contributed by atoms with Gasteiger partial charge in [0.15, 0.2) is 0 Å². The lowest BCUT2D eigenvalue weighted by Crippen LogP contribution is -2.37. The first-order valence-electron chi connectivity index (χ1n) is 7.58. The molecule has 0 saturated heterocycles. The Morgan fingerprint density at radius 3 is 2.63 bits per heavy atom. The molecular formula is C17H24ClN. The van der Waals surface area contributed by atoms with Gasteiger partial charge in [0.1, 0.15) is 0 Å². The first kappa shape index (κ1) is 13.5. The number of halogens is 1. The summed E-state index contributed by atoms with van der Waals surface area (Å²) < 4.78 is 0.